The summed E-state index contributed by atoms with van der Waals surface area (Å²) in [5, 5.41) is 3.13. The van der Waals surface area contributed by atoms with Crippen LogP contribution in [0.5, 0.6) is 17.2 Å². The lowest BCUT2D eigenvalue weighted by Gasteiger charge is -2.22. The fourth-order valence-corrected chi connectivity index (χ4v) is 3.69. The van der Waals surface area contributed by atoms with E-state index in [1.807, 2.05) is 49.4 Å². The van der Waals surface area contributed by atoms with Crippen LogP contribution < -0.4 is 30.4 Å². The summed E-state index contributed by atoms with van der Waals surface area (Å²) >= 11 is 0. The third kappa shape index (κ3) is 5.68. The quantitative estimate of drug-likeness (QED) is 0.504. The Hall–Kier alpha value is -2.77. The number of methoxy groups -OCH3 is 2. The Morgan fingerprint density at radius 3 is 2.55 bits per heavy atom. The molecule has 0 saturated carbocycles. The molecule has 1 fully saturated rings. The Morgan fingerprint density at radius 1 is 1.13 bits per heavy atom. The molecule has 1 amide bonds. The number of hydrazine groups is 1. The summed E-state index contributed by atoms with van der Waals surface area (Å²) in [6.07, 6.45) is 2.14. The highest BCUT2D eigenvalue weighted by Crippen LogP contribution is 2.31. The van der Waals surface area contributed by atoms with Gasteiger partial charge in [-0.1, -0.05) is 31.5 Å². The molecule has 2 aromatic rings. The fourth-order valence-electron chi connectivity index (χ4n) is 3.69. The van der Waals surface area contributed by atoms with Crippen molar-refractivity contribution < 1.29 is 19.0 Å². The predicted molar refractivity (Wildman–Crippen MR) is 120 cm³/mol. The molecular formula is C24H33N3O4. The van der Waals surface area contributed by atoms with Crippen molar-refractivity contribution in [3.8, 4) is 17.2 Å². The molecule has 1 heterocycles. The minimum atomic E-state index is -0.227. The van der Waals surface area contributed by atoms with Crippen LogP contribution in [0.2, 0.25) is 0 Å². The summed E-state index contributed by atoms with van der Waals surface area (Å²) in [7, 11) is 3.21. The number of nitrogens with one attached hydrogen (secondary N) is 3. The van der Waals surface area contributed by atoms with E-state index in [9.17, 15) is 4.79 Å². The van der Waals surface area contributed by atoms with Gasteiger partial charge in [0.25, 0.3) is 0 Å². The first-order valence-electron chi connectivity index (χ1n) is 10.8. The molecule has 31 heavy (non-hydrogen) atoms. The van der Waals surface area contributed by atoms with Gasteiger partial charge in [0.2, 0.25) is 5.91 Å². The highest BCUT2D eigenvalue weighted by Gasteiger charge is 2.34. The van der Waals surface area contributed by atoms with Crippen molar-refractivity contribution in [2.24, 2.45) is 5.92 Å². The lowest BCUT2D eigenvalue weighted by atomic mass is 9.93. The van der Waals surface area contributed by atoms with Gasteiger partial charge in [-0.3, -0.25) is 10.2 Å². The molecule has 3 unspecified atom stereocenters. The van der Waals surface area contributed by atoms with Crippen LogP contribution in [0.15, 0.2) is 42.5 Å². The Kier molecular flexibility index (Phi) is 8.14. The number of ether oxygens (including phenoxy) is 3. The molecule has 3 rings (SSSR count). The maximum atomic E-state index is 13.1. The van der Waals surface area contributed by atoms with Gasteiger partial charge in [0.1, 0.15) is 5.75 Å². The van der Waals surface area contributed by atoms with Crippen LogP contribution in [0.1, 0.15) is 49.9 Å². The maximum absolute atomic E-state index is 13.1. The van der Waals surface area contributed by atoms with Crippen molar-refractivity contribution in [2.75, 3.05) is 27.4 Å². The number of rotatable bonds is 10. The van der Waals surface area contributed by atoms with Gasteiger partial charge in [0.15, 0.2) is 11.5 Å². The van der Waals surface area contributed by atoms with E-state index in [1.165, 1.54) is 0 Å². The first-order valence-corrected chi connectivity index (χ1v) is 10.8. The molecule has 0 radical (unpaired) electrons. The van der Waals surface area contributed by atoms with Crippen LogP contribution in [0, 0.1) is 5.92 Å². The normalized spacial score (nSPS) is 19.0. The Labute approximate surface area is 184 Å². The van der Waals surface area contributed by atoms with E-state index in [2.05, 4.69) is 23.1 Å². The smallest absolute Gasteiger partial charge is 0.226 e. The molecule has 3 N–H and O–H groups in total. The van der Waals surface area contributed by atoms with Gasteiger partial charge in [-0.15, -0.1) is 0 Å². The molecule has 1 aliphatic heterocycles. The van der Waals surface area contributed by atoms with Gasteiger partial charge in [-0.05, 0) is 48.7 Å². The minimum Gasteiger partial charge on any atom is -0.494 e. The molecule has 0 aliphatic carbocycles. The van der Waals surface area contributed by atoms with Gasteiger partial charge in [-0.2, -0.15) is 0 Å². The zero-order valence-corrected chi connectivity index (χ0v) is 18.7. The van der Waals surface area contributed by atoms with E-state index >= 15 is 0 Å². The zero-order chi connectivity index (χ0) is 22.2. The molecule has 1 saturated heterocycles. The first kappa shape index (κ1) is 22.9. The van der Waals surface area contributed by atoms with Crippen LogP contribution >= 0.6 is 0 Å². The Morgan fingerprint density at radius 2 is 1.87 bits per heavy atom. The van der Waals surface area contributed by atoms with Crippen LogP contribution in [0.25, 0.3) is 0 Å². The fraction of sp³-hybridized carbons (Fsp3) is 0.458. The van der Waals surface area contributed by atoms with E-state index in [4.69, 9.17) is 14.2 Å². The predicted octanol–water partition coefficient (Wildman–Crippen LogP) is 3.53. The lowest BCUT2D eigenvalue weighted by Crippen LogP contribution is -2.36. The van der Waals surface area contributed by atoms with E-state index in [0.29, 0.717) is 18.0 Å². The first-order chi connectivity index (χ1) is 15.1. The summed E-state index contributed by atoms with van der Waals surface area (Å²) in [5.74, 6) is 1.93. The van der Waals surface area contributed by atoms with E-state index in [-0.39, 0.29) is 23.9 Å². The second-order valence-electron chi connectivity index (χ2n) is 7.73. The largest absolute Gasteiger partial charge is 0.494 e. The minimum absolute atomic E-state index is 0.00643. The average Bonchev–Trinajstić information content (AvgIpc) is 3.29. The molecule has 0 bridgehead atoms. The maximum Gasteiger partial charge on any atom is 0.226 e. The summed E-state index contributed by atoms with van der Waals surface area (Å²) in [4.78, 5) is 13.1. The number of amides is 1. The van der Waals surface area contributed by atoms with Crippen molar-refractivity contribution in [1.82, 2.24) is 16.2 Å². The number of unbranched alkanes of at least 4 members (excludes halogenated alkanes) is 1. The third-order valence-electron chi connectivity index (χ3n) is 5.59. The highest BCUT2D eigenvalue weighted by atomic mass is 16.5. The van der Waals surface area contributed by atoms with E-state index in [0.717, 1.165) is 36.3 Å². The molecule has 2 aromatic carbocycles. The van der Waals surface area contributed by atoms with Crippen LogP contribution in [0.4, 0.5) is 0 Å². The second kappa shape index (κ2) is 11.0. The molecule has 7 nitrogen and oxygen atoms in total. The second-order valence-corrected chi connectivity index (χ2v) is 7.73. The van der Waals surface area contributed by atoms with Crippen LogP contribution in [-0.2, 0) is 4.79 Å². The number of benzene rings is 2. The number of carbonyl (C=O) groups excluding carboxylic acids is 1. The molecule has 168 valence electrons. The summed E-state index contributed by atoms with van der Waals surface area (Å²) in [6.45, 7) is 5.39. The number of carbonyl (C=O) groups is 1. The monoisotopic (exact) mass is 427 g/mol. The van der Waals surface area contributed by atoms with E-state index < -0.39 is 0 Å². The molecule has 0 aromatic heterocycles. The Balaban J connectivity index is 1.64. The van der Waals surface area contributed by atoms with Gasteiger partial charge >= 0.3 is 0 Å². The van der Waals surface area contributed by atoms with Crippen LogP contribution in [-0.4, -0.2) is 33.3 Å². The molecule has 0 spiro atoms. The SMILES string of the molecule is CCCCOc1ccc(C2NNCC2C(=O)NC(C)c2ccc(OC)c(OC)c2)cc1. The lowest BCUT2D eigenvalue weighted by molar-refractivity contribution is -0.125. The van der Waals surface area contributed by atoms with E-state index in [1.54, 1.807) is 14.2 Å². The van der Waals surface area contributed by atoms with Crippen molar-refractivity contribution in [1.29, 1.82) is 0 Å². The highest BCUT2D eigenvalue weighted by molar-refractivity contribution is 5.80. The summed E-state index contributed by atoms with van der Waals surface area (Å²) in [6, 6.07) is 13.4. The van der Waals surface area contributed by atoms with Gasteiger partial charge in [-0.25, -0.2) is 5.43 Å². The topological polar surface area (TPSA) is 80.9 Å². The van der Waals surface area contributed by atoms with Gasteiger partial charge in [0, 0.05) is 6.54 Å². The number of hydrogen-bond acceptors (Lipinski definition) is 6. The Bertz CT molecular complexity index is 856. The van der Waals surface area contributed by atoms with Crippen LogP contribution in [0.3, 0.4) is 0 Å². The number of hydrogen-bond donors (Lipinski definition) is 3. The van der Waals surface area contributed by atoms with Crippen molar-refractivity contribution in [2.45, 2.75) is 38.8 Å². The average molecular weight is 428 g/mol. The molecule has 1 aliphatic rings. The molecule has 3 atom stereocenters. The van der Waals surface area contributed by atoms with Gasteiger partial charge < -0.3 is 19.5 Å². The van der Waals surface area contributed by atoms with Crippen molar-refractivity contribution in [3.05, 3.63) is 53.6 Å². The van der Waals surface area contributed by atoms with Gasteiger partial charge in [0.05, 0.1) is 38.8 Å². The zero-order valence-electron chi connectivity index (χ0n) is 18.7. The van der Waals surface area contributed by atoms with Crippen molar-refractivity contribution >= 4 is 5.91 Å². The standard InChI is InChI=1S/C24H33N3O4/c1-5-6-13-31-19-10-7-17(8-11-19)23-20(15-25-27-23)24(28)26-16(2)18-9-12-21(29-3)22(14-18)30-4/h7-12,14,16,20,23,25,27H,5-6,13,15H2,1-4H3,(H,26,28). The summed E-state index contributed by atoms with van der Waals surface area (Å²) in [5.41, 5.74) is 8.36. The molecule has 7 heteroatoms. The third-order valence-corrected chi connectivity index (χ3v) is 5.59. The summed E-state index contributed by atoms with van der Waals surface area (Å²) < 4.78 is 16.4. The van der Waals surface area contributed by atoms with Crippen molar-refractivity contribution in [3.63, 3.8) is 0 Å². The molecular weight excluding hydrogens is 394 g/mol.